The molecule has 0 bridgehead atoms. The summed E-state index contributed by atoms with van der Waals surface area (Å²) in [6, 6.07) is 0. The Morgan fingerprint density at radius 3 is 2.43 bits per heavy atom. The molecule has 8 unspecified atom stereocenters. The molecule has 4 aliphatic carbocycles. The van der Waals surface area contributed by atoms with Gasteiger partial charge in [-0.05, 0) is 111 Å². The Morgan fingerprint density at radius 2 is 1.73 bits per heavy atom. The van der Waals surface area contributed by atoms with Gasteiger partial charge in [-0.1, -0.05) is 65.5 Å². The van der Waals surface area contributed by atoms with Gasteiger partial charge >= 0.3 is 0 Å². The van der Waals surface area contributed by atoms with Crippen LogP contribution in [0.2, 0.25) is 0 Å². The van der Waals surface area contributed by atoms with Crippen molar-refractivity contribution in [2.24, 2.45) is 46.3 Å². The minimum Gasteiger partial charge on any atom is -0.393 e. The lowest BCUT2D eigenvalue weighted by Crippen LogP contribution is -2.48. The van der Waals surface area contributed by atoms with Gasteiger partial charge in [-0.2, -0.15) is 0 Å². The molecule has 1 nitrogen and oxygen atoms in total. The largest absolute Gasteiger partial charge is 0.393 e. The summed E-state index contributed by atoms with van der Waals surface area (Å²) >= 11 is 0. The molecule has 0 aromatic heterocycles. The molecule has 1 heteroatoms. The normalized spacial score (nSPS) is 43.2. The summed E-state index contributed by atoms with van der Waals surface area (Å²) in [5, 5.41) is 10.3. The van der Waals surface area contributed by atoms with Gasteiger partial charge in [-0.25, -0.2) is 0 Å². The van der Waals surface area contributed by atoms with Gasteiger partial charge in [0.1, 0.15) is 0 Å². The molecule has 30 heavy (non-hydrogen) atoms. The van der Waals surface area contributed by atoms with Crippen molar-refractivity contribution in [2.75, 3.05) is 0 Å². The fourth-order valence-electron chi connectivity index (χ4n) is 9.11. The second kappa shape index (κ2) is 8.57. The van der Waals surface area contributed by atoms with E-state index in [9.17, 15) is 5.11 Å². The lowest BCUT2D eigenvalue weighted by Gasteiger charge is -2.56. The van der Waals surface area contributed by atoms with Gasteiger partial charge in [-0.3, -0.25) is 0 Å². The van der Waals surface area contributed by atoms with Crippen LogP contribution in [-0.2, 0) is 0 Å². The van der Waals surface area contributed by atoms with Crippen LogP contribution in [0.5, 0.6) is 0 Å². The van der Waals surface area contributed by atoms with Crippen molar-refractivity contribution in [2.45, 2.75) is 125 Å². The maximum atomic E-state index is 10.3. The minimum atomic E-state index is -0.0272. The maximum Gasteiger partial charge on any atom is 0.0543 e. The quantitative estimate of drug-likeness (QED) is 0.434. The van der Waals surface area contributed by atoms with Gasteiger partial charge in [0, 0.05) is 0 Å². The molecule has 0 heterocycles. The van der Waals surface area contributed by atoms with Crippen LogP contribution in [-0.4, -0.2) is 11.2 Å². The molecule has 172 valence electrons. The Kier molecular flexibility index (Phi) is 6.53. The highest BCUT2D eigenvalue weighted by atomic mass is 16.3. The van der Waals surface area contributed by atoms with Crippen LogP contribution in [0.15, 0.2) is 11.1 Å². The molecule has 3 fully saturated rings. The third kappa shape index (κ3) is 3.74. The van der Waals surface area contributed by atoms with E-state index in [1.54, 1.807) is 0 Å². The zero-order valence-electron chi connectivity index (χ0n) is 21.0. The first-order valence-corrected chi connectivity index (χ1v) is 13.6. The second-order valence-corrected chi connectivity index (χ2v) is 12.8. The van der Waals surface area contributed by atoms with E-state index >= 15 is 0 Å². The van der Waals surface area contributed by atoms with E-state index in [0.29, 0.717) is 10.8 Å². The minimum absolute atomic E-state index is 0.0272. The molecule has 0 aromatic rings. The summed E-state index contributed by atoms with van der Waals surface area (Å²) in [5.74, 6) is 5.11. The van der Waals surface area contributed by atoms with Crippen molar-refractivity contribution in [3.05, 3.63) is 11.1 Å². The van der Waals surface area contributed by atoms with Gasteiger partial charge in [0.25, 0.3) is 0 Å². The summed E-state index contributed by atoms with van der Waals surface area (Å²) < 4.78 is 0. The Hall–Kier alpha value is -0.300. The van der Waals surface area contributed by atoms with Crippen molar-refractivity contribution in [1.29, 1.82) is 0 Å². The topological polar surface area (TPSA) is 20.2 Å². The van der Waals surface area contributed by atoms with E-state index in [-0.39, 0.29) is 6.10 Å². The summed E-state index contributed by atoms with van der Waals surface area (Å²) in [6.45, 7) is 15.1. The first kappa shape index (κ1) is 22.9. The van der Waals surface area contributed by atoms with E-state index < -0.39 is 0 Å². The Bertz CT molecular complexity index is 647. The number of hydrogen-bond acceptors (Lipinski definition) is 1. The first-order chi connectivity index (χ1) is 14.2. The Balaban J connectivity index is 1.52. The van der Waals surface area contributed by atoms with Gasteiger partial charge in [0.15, 0.2) is 0 Å². The number of rotatable bonds is 6. The highest BCUT2D eigenvalue weighted by molar-refractivity contribution is 5.34. The SMILES string of the molecule is CCC(CCC(C)C1CCC2=C3CCC4CC(O)CCC4(C)C3CCC21C)C(C)C. The third-order valence-electron chi connectivity index (χ3n) is 11.2. The van der Waals surface area contributed by atoms with Gasteiger partial charge in [0.05, 0.1) is 6.10 Å². The summed E-state index contributed by atoms with van der Waals surface area (Å²) in [4.78, 5) is 0. The van der Waals surface area contributed by atoms with E-state index in [0.717, 1.165) is 48.3 Å². The fourth-order valence-corrected chi connectivity index (χ4v) is 9.11. The molecule has 0 amide bonds. The van der Waals surface area contributed by atoms with Crippen molar-refractivity contribution in [3.8, 4) is 0 Å². The molecule has 8 atom stereocenters. The molecule has 0 radical (unpaired) electrons. The molecule has 0 spiro atoms. The molecule has 4 rings (SSSR count). The summed E-state index contributed by atoms with van der Waals surface area (Å²) in [7, 11) is 0. The number of fused-ring (bicyclic) bond motifs is 4. The van der Waals surface area contributed by atoms with Crippen LogP contribution in [0.3, 0.4) is 0 Å². The predicted molar refractivity (Wildman–Crippen MR) is 128 cm³/mol. The van der Waals surface area contributed by atoms with Crippen LogP contribution in [0, 0.1) is 46.3 Å². The van der Waals surface area contributed by atoms with Crippen LogP contribution >= 0.6 is 0 Å². The molecule has 0 aromatic carbocycles. The Labute approximate surface area is 187 Å². The number of aliphatic hydroxyl groups is 1. The number of hydrogen-bond donors (Lipinski definition) is 1. The fraction of sp³-hybridized carbons (Fsp3) is 0.931. The van der Waals surface area contributed by atoms with Crippen LogP contribution in [0.25, 0.3) is 0 Å². The molecule has 3 saturated carbocycles. The maximum absolute atomic E-state index is 10.3. The lowest BCUT2D eigenvalue weighted by molar-refractivity contribution is -0.0381. The summed E-state index contributed by atoms with van der Waals surface area (Å²) in [6.07, 6.45) is 15.9. The molecule has 1 N–H and O–H groups in total. The lowest BCUT2D eigenvalue weighted by atomic mass is 9.49. The van der Waals surface area contributed by atoms with Gasteiger partial charge < -0.3 is 5.11 Å². The highest BCUT2D eigenvalue weighted by Crippen LogP contribution is 2.65. The van der Waals surface area contributed by atoms with Gasteiger partial charge in [0.2, 0.25) is 0 Å². The molecular weight excluding hydrogens is 364 g/mol. The standard InChI is InChI=1S/C29H50O/c1-7-21(19(2)3)9-8-20(4)25-12-13-26-24-11-10-22-18-23(30)14-16-28(22,5)27(24)15-17-29(25,26)6/h19-23,25,27,30H,7-18H2,1-6H3. The zero-order chi connectivity index (χ0) is 21.7. The van der Waals surface area contributed by atoms with Crippen LogP contribution in [0.1, 0.15) is 119 Å². The van der Waals surface area contributed by atoms with Crippen molar-refractivity contribution >= 4 is 0 Å². The second-order valence-electron chi connectivity index (χ2n) is 12.8. The monoisotopic (exact) mass is 414 g/mol. The van der Waals surface area contributed by atoms with Crippen molar-refractivity contribution in [1.82, 2.24) is 0 Å². The molecule has 4 aliphatic rings. The molecule has 0 aliphatic heterocycles. The van der Waals surface area contributed by atoms with Crippen LogP contribution < -0.4 is 0 Å². The number of aliphatic hydroxyl groups excluding tert-OH is 1. The van der Waals surface area contributed by atoms with E-state index in [2.05, 4.69) is 41.5 Å². The average molecular weight is 415 g/mol. The highest BCUT2D eigenvalue weighted by Gasteiger charge is 2.55. The third-order valence-corrected chi connectivity index (χ3v) is 11.2. The smallest absolute Gasteiger partial charge is 0.0543 e. The molecule has 0 saturated heterocycles. The first-order valence-electron chi connectivity index (χ1n) is 13.6. The van der Waals surface area contributed by atoms with E-state index in [1.807, 2.05) is 11.1 Å². The van der Waals surface area contributed by atoms with Gasteiger partial charge in [-0.15, -0.1) is 0 Å². The average Bonchev–Trinajstić information content (AvgIpc) is 3.06. The van der Waals surface area contributed by atoms with Crippen molar-refractivity contribution < 1.29 is 5.11 Å². The van der Waals surface area contributed by atoms with E-state index in [1.165, 1.54) is 64.2 Å². The van der Waals surface area contributed by atoms with E-state index in [4.69, 9.17) is 0 Å². The van der Waals surface area contributed by atoms with Crippen molar-refractivity contribution in [3.63, 3.8) is 0 Å². The predicted octanol–water partition coefficient (Wildman–Crippen LogP) is 8.17. The summed E-state index contributed by atoms with van der Waals surface area (Å²) in [5.41, 5.74) is 4.80. The Morgan fingerprint density at radius 1 is 0.967 bits per heavy atom. The molecular formula is C29H50O. The van der Waals surface area contributed by atoms with Crippen LogP contribution in [0.4, 0.5) is 0 Å². The number of allylic oxidation sites excluding steroid dienone is 2. The zero-order valence-corrected chi connectivity index (χ0v) is 21.0.